The molecule has 0 spiro atoms. The van der Waals surface area contributed by atoms with Crippen LogP contribution in [0.4, 0.5) is 0 Å². The summed E-state index contributed by atoms with van der Waals surface area (Å²) >= 11 is 3.47. The lowest BCUT2D eigenvalue weighted by Crippen LogP contribution is -2.30. The average molecular weight is 314 g/mol. The van der Waals surface area contributed by atoms with Crippen LogP contribution in [0.15, 0.2) is 11.0 Å². The number of aromatic nitrogens is 5. The maximum atomic E-state index is 12.2. The molecule has 1 unspecified atom stereocenters. The van der Waals surface area contributed by atoms with E-state index in [1.807, 2.05) is 0 Å². The van der Waals surface area contributed by atoms with Gasteiger partial charge in [0, 0.05) is 12.4 Å². The maximum Gasteiger partial charge on any atom is 0.280 e. The van der Waals surface area contributed by atoms with Crippen molar-refractivity contribution in [2.45, 2.75) is 20.4 Å². The van der Waals surface area contributed by atoms with Gasteiger partial charge in [-0.25, -0.2) is 9.36 Å². The zero-order chi connectivity index (χ0) is 13.3. The Kier molecular flexibility index (Phi) is 3.79. The minimum atomic E-state index is -0.125. The standard InChI is InChI=1S/C11H16BrN5O/c1-7(2)8(4-12)6-17-11(18)9-5-13-16(3)10(9)14-15-17/h5,7-8H,4,6H2,1-3H3. The van der Waals surface area contributed by atoms with Gasteiger partial charge in [-0.2, -0.15) is 5.10 Å². The number of halogens is 1. The van der Waals surface area contributed by atoms with Crippen molar-refractivity contribution >= 4 is 27.0 Å². The fourth-order valence-corrected chi connectivity index (χ4v) is 2.71. The molecule has 0 saturated heterocycles. The third-order valence-corrected chi connectivity index (χ3v) is 4.00. The van der Waals surface area contributed by atoms with Crippen LogP contribution in [0.1, 0.15) is 13.8 Å². The molecule has 18 heavy (non-hydrogen) atoms. The van der Waals surface area contributed by atoms with E-state index >= 15 is 0 Å². The SMILES string of the molecule is CC(C)C(CBr)Cn1nnc2c(cnn2C)c1=O. The Morgan fingerprint density at radius 2 is 2.17 bits per heavy atom. The van der Waals surface area contributed by atoms with E-state index < -0.39 is 0 Å². The monoisotopic (exact) mass is 313 g/mol. The summed E-state index contributed by atoms with van der Waals surface area (Å²) in [5, 5.41) is 13.4. The topological polar surface area (TPSA) is 65.6 Å². The van der Waals surface area contributed by atoms with Gasteiger partial charge in [0.05, 0.1) is 12.7 Å². The highest BCUT2D eigenvalue weighted by molar-refractivity contribution is 9.09. The Hall–Kier alpha value is -1.24. The van der Waals surface area contributed by atoms with Crippen LogP contribution in [0.25, 0.3) is 11.0 Å². The molecule has 0 aliphatic heterocycles. The van der Waals surface area contributed by atoms with Crippen molar-refractivity contribution < 1.29 is 0 Å². The van der Waals surface area contributed by atoms with Gasteiger partial charge in [-0.05, 0) is 11.8 Å². The molecule has 2 aromatic heterocycles. The second-order valence-electron chi connectivity index (χ2n) is 4.74. The van der Waals surface area contributed by atoms with E-state index in [0.29, 0.717) is 29.4 Å². The van der Waals surface area contributed by atoms with E-state index in [4.69, 9.17) is 0 Å². The quantitative estimate of drug-likeness (QED) is 0.795. The van der Waals surface area contributed by atoms with Gasteiger partial charge in [-0.1, -0.05) is 35.0 Å². The van der Waals surface area contributed by atoms with Crippen molar-refractivity contribution in [2.24, 2.45) is 18.9 Å². The lowest BCUT2D eigenvalue weighted by atomic mass is 9.98. The van der Waals surface area contributed by atoms with Crippen molar-refractivity contribution in [3.63, 3.8) is 0 Å². The van der Waals surface area contributed by atoms with Crippen LogP contribution >= 0.6 is 15.9 Å². The van der Waals surface area contributed by atoms with Gasteiger partial charge < -0.3 is 0 Å². The Bertz CT molecular complexity index is 603. The Balaban J connectivity index is 2.40. The van der Waals surface area contributed by atoms with E-state index in [0.717, 1.165) is 5.33 Å². The zero-order valence-electron chi connectivity index (χ0n) is 10.7. The molecule has 0 fully saturated rings. The normalized spacial score (nSPS) is 13.4. The number of hydrogen-bond acceptors (Lipinski definition) is 4. The summed E-state index contributed by atoms with van der Waals surface area (Å²) in [5.41, 5.74) is 0.399. The second-order valence-corrected chi connectivity index (χ2v) is 5.39. The first-order valence-corrected chi connectivity index (χ1v) is 6.98. The molecule has 0 amide bonds. The second kappa shape index (κ2) is 5.17. The minimum Gasteiger partial charge on any atom is -0.267 e. The van der Waals surface area contributed by atoms with Crippen molar-refractivity contribution in [1.29, 1.82) is 0 Å². The molecular weight excluding hydrogens is 298 g/mol. The van der Waals surface area contributed by atoms with Gasteiger partial charge in [0.15, 0.2) is 5.65 Å². The third kappa shape index (κ3) is 2.31. The number of rotatable bonds is 4. The van der Waals surface area contributed by atoms with Crippen LogP contribution in [0.5, 0.6) is 0 Å². The third-order valence-electron chi connectivity index (χ3n) is 3.17. The summed E-state index contributed by atoms with van der Waals surface area (Å²) in [4.78, 5) is 12.2. The number of fused-ring (bicyclic) bond motifs is 1. The van der Waals surface area contributed by atoms with Crippen LogP contribution in [0, 0.1) is 11.8 Å². The summed E-state index contributed by atoms with van der Waals surface area (Å²) in [6.07, 6.45) is 1.54. The molecule has 6 nitrogen and oxygen atoms in total. The summed E-state index contributed by atoms with van der Waals surface area (Å²) < 4.78 is 2.98. The predicted molar refractivity (Wildman–Crippen MR) is 72.7 cm³/mol. The van der Waals surface area contributed by atoms with Crippen LogP contribution in [0.3, 0.4) is 0 Å². The van der Waals surface area contributed by atoms with Gasteiger partial charge >= 0.3 is 0 Å². The maximum absolute atomic E-state index is 12.2. The number of nitrogens with zero attached hydrogens (tertiary/aromatic N) is 5. The molecule has 0 radical (unpaired) electrons. The predicted octanol–water partition coefficient (Wildman–Crippen LogP) is 1.19. The summed E-state index contributed by atoms with van der Waals surface area (Å²) in [6.45, 7) is 4.83. The van der Waals surface area contributed by atoms with Crippen molar-refractivity contribution in [2.75, 3.05) is 5.33 Å². The van der Waals surface area contributed by atoms with Gasteiger partial charge in [-0.3, -0.25) is 4.79 Å². The fourth-order valence-electron chi connectivity index (χ4n) is 1.76. The molecule has 0 aliphatic rings. The van der Waals surface area contributed by atoms with Gasteiger partial charge in [0.2, 0.25) is 0 Å². The number of hydrogen-bond donors (Lipinski definition) is 0. The van der Waals surface area contributed by atoms with Gasteiger partial charge in [-0.15, -0.1) is 5.10 Å². The molecule has 98 valence electrons. The fraction of sp³-hybridized carbons (Fsp3) is 0.636. The average Bonchev–Trinajstić information content (AvgIpc) is 2.71. The van der Waals surface area contributed by atoms with Crippen LogP contribution in [-0.4, -0.2) is 30.1 Å². The van der Waals surface area contributed by atoms with E-state index in [2.05, 4.69) is 45.2 Å². The highest BCUT2D eigenvalue weighted by Gasteiger charge is 2.16. The van der Waals surface area contributed by atoms with Gasteiger partial charge in [0.1, 0.15) is 5.39 Å². The largest absolute Gasteiger partial charge is 0.280 e. The molecule has 0 aliphatic carbocycles. The van der Waals surface area contributed by atoms with Crippen LogP contribution < -0.4 is 5.56 Å². The number of aryl methyl sites for hydroxylation is 1. The molecule has 7 heteroatoms. The van der Waals surface area contributed by atoms with Crippen LogP contribution in [0.2, 0.25) is 0 Å². The molecule has 2 aromatic rings. The van der Waals surface area contributed by atoms with E-state index in [1.54, 1.807) is 17.9 Å². The Morgan fingerprint density at radius 3 is 2.78 bits per heavy atom. The van der Waals surface area contributed by atoms with Gasteiger partial charge in [0.25, 0.3) is 5.56 Å². The number of alkyl halides is 1. The molecule has 1 atom stereocenters. The minimum absolute atomic E-state index is 0.125. The first kappa shape index (κ1) is 13.2. The summed E-state index contributed by atoms with van der Waals surface area (Å²) in [7, 11) is 1.75. The smallest absolute Gasteiger partial charge is 0.267 e. The molecule has 0 aromatic carbocycles. The van der Waals surface area contributed by atoms with E-state index in [1.165, 1.54) is 4.68 Å². The molecule has 2 rings (SSSR count). The van der Waals surface area contributed by atoms with Crippen molar-refractivity contribution in [3.05, 3.63) is 16.6 Å². The first-order valence-electron chi connectivity index (χ1n) is 5.86. The summed E-state index contributed by atoms with van der Waals surface area (Å²) in [6, 6.07) is 0. The lowest BCUT2D eigenvalue weighted by Gasteiger charge is -2.17. The molecular formula is C11H16BrN5O. The molecule has 2 heterocycles. The summed E-state index contributed by atoms with van der Waals surface area (Å²) in [5.74, 6) is 0.828. The van der Waals surface area contributed by atoms with Crippen LogP contribution in [-0.2, 0) is 13.6 Å². The highest BCUT2D eigenvalue weighted by atomic mass is 79.9. The van der Waals surface area contributed by atoms with Crippen molar-refractivity contribution in [1.82, 2.24) is 24.8 Å². The highest BCUT2D eigenvalue weighted by Crippen LogP contribution is 2.15. The molecule has 0 saturated carbocycles. The lowest BCUT2D eigenvalue weighted by molar-refractivity contribution is 0.343. The van der Waals surface area contributed by atoms with E-state index in [-0.39, 0.29) is 5.56 Å². The first-order chi connectivity index (χ1) is 8.54. The Labute approximate surface area is 113 Å². The zero-order valence-corrected chi connectivity index (χ0v) is 12.3. The van der Waals surface area contributed by atoms with E-state index in [9.17, 15) is 4.79 Å². The molecule has 0 N–H and O–H groups in total. The molecule has 0 bridgehead atoms. The Morgan fingerprint density at radius 1 is 1.44 bits per heavy atom. The van der Waals surface area contributed by atoms with Crippen molar-refractivity contribution in [3.8, 4) is 0 Å².